The van der Waals surface area contributed by atoms with Crippen molar-refractivity contribution in [1.82, 2.24) is 4.31 Å². The maximum atomic E-state index is 13.4. The SMILES string of the molecule is COc1ccccc1S(=O)(=O)N(CCc1cccs1)C1CCOCC1. The molecule has 0 N–H and O–H groups in total. The van der Waals surface area contributed by atoms with Gasteiger partial charge in [-0.3, -0.25) is 0 Å². The first-order valence-corrected chi connectivity index (χ1v) is 10.7. The van der Waals surface area contributed by atoms with Crippen LogP contribution in [0.1, 0.15) is 17.7 Å². The zero-order valence-electron chi connectivity index (χ0n) is 14.3. The fourth-order valence-corrected chi connectivity index (χ4v) is 5.65. The van der Waals surface area contributed by atoms with Crippen LogP contribution in [0.2, 0.25) is 0 Å². The van der Waals surface area contributed by atoms with Gasteiger partial charge in [0.2, 0.25) is 10.0 Å². The van der Waals surface area contributed by atoms with Crippen LogP contribution in [0.3, 0.4) is 0 Å². The highest BCUT2D eigenvalue weighted by Crippen LogP contribution is 2.30. The first-order valence-electron chi connectivity index (χ1n) is 8.38. The largest absolute Gasteiger partial charge is 0.495 e. The topological polar surface area (TPSA) is 55.8 Å². The van der Waals surface area contributed by atoms with Gasteiger partial charge in [-0.2, -0.15) is 4.31 Å². The summed E-state index contributed by atoms with van der Waals surface area (Å²) in [7, 11) is -2.14. The first kappa shape index (κ1) is 18.4. The molecule has 136 valence electrons. The van der Waals surface area contributed by atoms with Crippen molar-refractivity contribution in [2.75, 3.05) is 26.9 Å². The van der Waals surface area contributed by atoms with Gasteiger partial charge in [-0.05, 0) is 42.8 Å². The molecule has 7 heteroatoms. The second-order valence-corrected chi connectivity index (χ2v) is 8.83. The van der Waals surface area contributed by atoms with E-state index in [9.17, 15) is 8.42 Å². The Morgan fingerprint density at radius 2 is 1.96 bits per heavy atom. The van der Waals surface area contributed by atoms with Gasteiger partial charge in [-0.25, -0.2) is 8.42 Å². The Morgan fingerprint density at radius 1 is 1.20 bits per heavy atom. The Balaban J connectivity index is 1.90. The molecule has 1 aromatic carbocycles. The number of hydrogen-bond acceptors (Lipinski definition) is 5. The van der Waals surface area contributed by atoms with Gasteiger partial charge < -0.3 is 9.47 Å². The Kier molecular flexibility index (Phi) is 6.11. The quantitative estimate of drug-likeness (QED) is 0.739. The smallest absolute Gasteiger partial charge is 0.247 e. The average Bonchev–Trinajstić information content (AvgIpc) is 3.16. The van der Waals surface area contributed by atoms with Gasteiger partial charge in [0, 0.05) is 30.7 Å². The van der Waals surface area contributed by atoms with Crippen molar-refractivity contribution in [3.05, 3.63) is 46.7 Å². The molecule has 2 aromatic rings. The molecule has 1 fully saturated rings. The fourth-order valence-electron chi connectivity index (χ4n) is 3.11. The molecule has 1 aliphatic rings. The van der Waals surface area contributed by atoms with Crippen LogP contribution in [0.15, 0.2) is 46.7 Å². The Morgan fingerprint density at radius 3 is 2.64 bits per heavy atom. The van der Waals surface area contributed by atoms with E-state index >= 15 is 0 Å². The minimum Gasteiger partial charge on any atom is -0.495 e. The van der Waals surface area contributed by atoms with Crippen LogP contribution in [0, 0.1) is 0 Å². The molecule has 3 rings (SSSR count). The summed E-state index contributed by atoms with van der Waals surface area (Å²) >= 11 is 1.65. The molecule has 0 amide bonds. The minimum atomic E-state index is -3.64. The zero-order chi connectivity index (χ0) is 17.7. The van der Waals surface area contributed by atoms with Crippen molar-refractivity contribution in [1.29, 1.82) is 0 Å². The second-order valence-electron chi connectivity index (χ2n) is 5.94. The first-order chi connectivity index (χ1) is 12.1. The standard InChI is InChI=1S/C18H23NO4S2/c1-22-17-6-2-3-7-18(17)25(20,21)19(15-9-12-23-13-10-15)11-8-16-5-4-14-24-16/h2-7,14-15H,8-13H2,1H3. The molecule has 2 heterocycles. The fraction of sp³-hybridized carbons (Fsp3) is 0.444. The van der Waals surface area contributed by atoms with E-state index < -0.39 is 10.0 Å². The molecule has 1 aliphatic heterocycles. The number of para-hydroxylation sites is 1. The lowest BCUT2D eigenvalue weighted by atomic mass is 10.1. The number of rotatable bonds is 7. The lowest BCUT2D eigenvalue weighted by Gasteiger charge is -2.33. The van der Waals surface area contributed by atoms with Crippen molar-refractivity contribution in [2.24, 2.45) is 0 Å². The molecular formula is C18H23NO4S2. The number of nitrogens with zero attached hydrogens (tertiary/aromatic N) is 1. The number of ether oxygens (including phenoxy) is 2. The van der Waals surface area contributed by atoms with Crippen LogP contribution in [-0.4, -0.2) is 45.6 Å². The molecule has 0 unspecified atom stereocenters. The molecule has 25 heavy (non-hydrogen) atoms. The lowest BCUT2D eigenvalue weighted by molar-refractivity contribution is 0.0586. The number of sulfonamides is 1. The molecule has 0 radical (unpaired) electrons. The minimum absolute atomic E-state index is 0.0383. The summed E-state index contributed by atoms with van der Waals surface area (Å²) in [6.07, 6.45) is 2.15. The van der Waals surface area contributed by atoms with Crippen LogP contribution in [0.4, 0.5) is 0 Å². The van der Waals surface area contributed by atoms with E-state index in [-0.39, 0.29) is 10.9 Å². The molecular weight excluding hydrogens is 358 g/mol. The third kappa shape index (κ3) is 4.23. The highest BCUT2D eigenvalue weighted by molar-refractivity contribution is 7.89. The van der Waals surface area contributed by atoms with Gasteiger partial charge >= 0.3 is 0 Å². The van der Waals surface area contributed by atoms with E-state index in [1.807, 2.05) is 17.5 Å². The third-order valence-electron chi connectivity index (χ3n) is 4.41. The van der Waals surface area contributed by atoms with E-state index in [1.54, 1.807) is 39.9 Å². The van der Waals surface area contributed by atoms with Crippen LogP contribution in [0.25, 0.3) is 0 Å². The predicted molar refractivity (Wildman–Crippen MR) is 98.7 cm³/mol. The molecule has 0 spiro atoms. The van der Waals surface area contributed by atoms with E-state index in [2.05, 4.69) is 0 Å². The van der Waals surface area contributed by atoms with Crippen LogP contribution < -0.4 is 4.74 Å². The maximum Gasteiger partial charge on any atom is 0.247 e. The van der Waals surface area contributed by atoms with Crippen LogP contribution >= 0.6 is 11.3 Å². The molecule has 0 atom stereocenters. The summed E-state index contributed by atoms with van der Waals surface area (Å²) in [5.74, 6) is 0.385. The van der Waals surface area contributed by atoms with E-state index in [0.29, 0.717) is 31.9 Å². The normalized spacial score (nSPS) is 16.2. The lowest BCUT2D eigenvalue weighted by Crippen LogP contribution is -2.44. The Hall–Kier alpha value is -1.41. The van der Waals surface area contributed by atoms with Crippen molar-refractivity contribution in [3.63, 3.8) is 0 Å². The number of benzene rings is 1. The maximum absolute atomic E-state index is 13.4. The van der Waals surface area contributed by atoms with Gasteiger partial charge in [0.25, 0.3) is 0 Å². The molecule has 1 saturated heterocycles. The molecule has 5 nitrogen and oxygen atoms in total. The van der Waals surface area contributed by atoms with E-state index in [0.717, 1.165) is 12.8 Å². The number of thiophene rings is 1. The van der Waals surface area contributed by atoms with E-state index in [1.165, 1.54) is 12.0 Å². The van der Waals surface area contributed by atoms with Gasteiger partial charge in [0.15, 0.2) is 0 Å². The van der Waals surface area contributed by atoms with Gasteiger partial charge in [0.1, 0.15) is 10.6 Å². The van der Waals surface area contributed by atoms with Gasteiger partial charge in [-0.15, -0.1) is 11.3 Å². The van der Waals surface area contributed by atoms with E-state index in [4.69, 9.17) is 9.47 Å². The summed E-state index contributed by atoms with van der Waals surface area (Å²) in [5, 5.41) is 2.02. The van der Waals surface area contributed by atoms with Crippen LogP contribution in [-0.2, 0) is 21.2 Å². The second kappa shape index (κ2) is 8.31. The van der Waals surface area contributed by atoms with Gasteiger partial charge in [-0.1, -0.05) is 18.2 Å². The Labute approximate surface area is 153 Å². The highest BCUT2D eigenvalue weighted by atomic mass is 32.2. The van der Waals surface area contributed by atoms with Crippen molar-refractivity contribution >= 4 is 21.4 Å². The molecule has 1 aromatic heterocycles. The summed E-state index contributed by atoms with van der Waals surface area (Å²) in [4.78, 5) is 1.42. The van der Waals surface area contributed by atoms with Crippen molar-refractivity contribution in [2.45, 2.75) is 30.2 Å². The summed E-state index contributed by atoms with van der Waals surface area (Å²) in [6.45, 7) is 1.66. The number of hydrogen-bond donors (Lipinski definition) is 0. The van der Waals surface area contributed by atoms with Gasteiger partial charge in [0.05, 0.1) is 7.11 Å². The monoisotopic (exact) mass is 381 g/mol. The third-order valence-corrected chi connectivity index (χ3v) is 7.34. The summed E-state index contributed by atoms with van der Waals surface area (Å²) in [5.41, 5.74) is 0. The Bertz CT molecular complexity index is 768. The average molecular weight is 382 g/mol. The zero-order valence-corrected chi connectivity index (χ0v) is 15.9. The van der Waals surface area contributed by atoms with Crippen molar-refractivity contribution in [3.8, 4) is 5.75 Å². The van der Waals surface area contributed by atoms with Crippen LogP contribution in [0.5, 0.6) is 5.75 Å². The summed E-state index contributed by atoms with van der Waals surface area (Å²) < 4.78 is 39.1. The molecule has 0 bridgehead atoms. The highest BCUT2D eigenvalue weighted by Gasteiger charge is 2.34. The molecule has 0 saturated carbocycles. The predicted octanol–water partition coefficient (Wildman–Crippen LogP) is 3.17. The molecule has 0 aliphatic carbocycles. The summed E-state index contributed by atoms with van der Waals surface area (Å²) in [6, 6.07) is 10.8. The van der Waals surface area contributed by atoms with Crippen molar-refractivity contribution < 1.29 is 17.9 Å². The number of methoxy groups -OCH3 is 1.